The lowest BCUT2D eigenvalue weighted by molar-refractivity contribution is 0.0505. The Bertz CT molecular complexity index is 964. The van der Waals surface area contributed by atoms with Crippen molar-refractivity contribution in [2.75, 3.05) is 13.2 Å². The van der Waals surface area contributed by atoms with Crippen LogP contribution in [0.2, 0.25) is 0 Å². The summed E-state index contributed by atoms with van der Waals surface area (Å²) in [7, 11) is 0. The Morgan fingerprint density at radius 3 is 2.93 bits per heavy atom. The fourth-order valence-corrected chi connectivity index (χ4v) is 3.61. The first kappa shape index (κ1) is 18.6. The summed E-state index contributed by atoms with van der Waals surface area (Å²) in [5, 5.41) is 4.70. The zero-order chi connectivity index (χ0) is 19.5. The van der Waals surface area contributed by atoms with Gasteiger partial charge in [-0.15, -0.1) is 0 Å². The molecule has 0 saturated carbocycles. The van der Waals surface area contributed by atoms with E-state index < -0.39 is 0 Å². The Balaban J connectivity index is 1.71. The average Bonchev–Trinajstić information content (AvgIpc) is 3.37. The number of ether oxygens (including phenoxy) is 1. The summed E-state index contributed by atoms with van der Waals surface area (Å²) in [6, 6.07) is 7.59. The van der Waals surface area contributed by atoms with Crippen molar-refractivity contribution in [1.29, 1.82) is 0 Å². The van der Waals surface area contributed by atoms with Gasteiger partial charge >= 0.3 is 0 Å². The molecule has 1 aliphatic rings. The number of hydrogen-bond donors (Lipinski definition) is 0. The summed E-state index contributed by atoms with van der Waals surface area (Å²) in [5.74, 6) is -0.0745. The van der Waals surface area contributed by atoms with Gasteiger partial charge in [0.2, 0.25) is 0 Å². The molecule has 0 N–H and O–H groups in total. The molecule has 4 heterocycles. The van der Waals surface area contributed by atoms with Gasteiger partial charge in [0.15, 0.2) is 0 Å². The third kappa shape index (κ3) is 3.75. The van der Waals surface area contributed by atoms with Crippen molar-refractivity contribution in [3.8, 4) is 0 Å². The summed E-state index contributed by atoms with van der Waals surface area (Å²) >= 11 is 0. The Hall–Kier alpha value is -2.80. The molecule has 3 aromatic rings. The van der Waals surface area contributed by atoms with Gasteiger partial charge in [-0.2, -0.15) is 0 Å². The molecule has 1 fully saturated rings. The molecule has 1 saturated heterocycles. The smallest absolute Gasteiger partial charge is 0.258 e. The van der Waals surface area contributed by atoms with Crippen LogP contribution in [0, 0.1) is 6.92 Å². The molecule has 1 aliphatic heterocycles. The first-order chi connectivity index (χ1) is 13.7. The van der Waals surface area contributed by atoms with Crippen LogP contribution in [0.1, 0.15) is 47.2 Å². The molecule has 1 unspecified atom stereocenters. The number of amides is 1. The predicted octanol–water partition coefficient (Wildman–Crippen LogP) is 3.31. The number of carbonyl (C=O) groups is 1. The van der Waals surface area contributed by atoms with Gasteiger partial charge in [0.25, 0.3) is 11.6 Å². The second kappa shape index (κ2) is 8.06. The van der Waals surface area contributed by atoms with Gasteiger partial charge in [0.05, 0.1) is 35.0 Å². The Morgan fingerprint density at radius 1 is 1.32 bits per heavy atom. The van der Waals surface area contributed by atoms with Crippen molar-refractivity contribution >= 4 is 17.0 Å². The van der Waals surface area contributed by atoms with Crippen molar-refractivity contribution in [2.24, 2.45) is 0 Å². The van der Waals surface area contributed by atoms with Crippen LogP contribution in [0.3, 0.4) is 0 Å². The number of nitrogens with zero attached hydrogens (tertiary/aromatic N) is 4. The molecule has 4 rings (SSSR count). The van der Waals surface area contributed by atoms with E-state index in [1.54, 1.807) is 6.20 Å². The number of aromatic nitrogens is 3. The van der Waals surface area contributed by atoms with E-state index in [2.05, 4.69) is 15.1 Å². The molecule has 1 amide bonds. The summed E-state index contributed by atoms with van der Waals surface area (Å²) in [5.41, 5.74) is 3.31. The Morgan fingerprint density at radius 2 is 2.21 bits per heavy atom. The van der Waals surface area contributed by atoms with Crippen molar-refractivity contribution in [3.05, 3.63) is 53.1 Å². The molecule has 7 nitrogen and oxygen atoms in total. The first-order valence-electron chi connectivity index (χ1n) is 9.72. The number of pyridine rings is 2. The number of rotatable bonds is 6. The first-order valence-corrected chi connectivity index (χ1v) is 9.72. The largest absolute Gasteiger partial charge is 0.376 e. The van der Waals surface area contributed by atoms with Gasteiger partial charge in [0.1, 0.15) is 0 Å². The summed E-state index contributed by atoms with van der Waals surface area (Å²) in [6.45, 7) is 5.55. The van der Waals surface area contributed by atoms with Crippen molar-refractivity contribution < 1.29 is 14.1 Å². The van der Waals surface area contributed by atoms with Gasteiger partial charge in [-0.05, 0) is 44.4 Å². The van der Waals surface area contributed by atoms with Gasteiger partial charge < -0.3 is 14.2 Å². The molecule has 1 atom stereocenters. The maximum Gasteiger partial charge on any atom is 0.258 e. The van der Waals surface area contributed by atoms with E-state index in [0.29, 0.717) is 41.9 Å². The lowest BCUT2D eigenvalue weighted by Gasteiger charge is -2.25. The van der Waals surface area contributed by atoms with Crippen LogP contribution in [0.15, 0.2) is 35.0 Å². The Kier molecular flexibility index (Phi) is 5.34. The number of aryl methyl sites for hydroxylation is 2. The topological polar surface area (TPSA) is 81.4 Å². The monoisotopic (exact) mass is 380 g/mol. The lowest BCUT2D eigenvalue weighted by atomic mass is 10.1. The summed E-state index contributed by atoms with van der Waals surface area (Å²) < 4.78 is 11.1. The highest BCUT2D eigenvalue weighted by Gasteiger charge is 2.27. The van der Waals surface area contributed by atoms with E-state index in [-0.39, 0.29) is 12.0 Å². The SMILES string of the molecule is CCc1cc(C(=O)N(Cc2ccccn2)CC2CCCO2)c2c(C)noc2n1. The molecule has 0 radical (unpaired) electrons. The molecule has 3 aromatic heterocycles. The third-order valence-corrected chi connectivity index (χ3v) is 5.08. The van der Waals surface area contributed by atoms with E-state index in [9.17, 15) is 4.79 Å². The van der Waals surface area contributed by atoms with E-state index in [4.69, 9.17) is 9.26 Å². The highest BCUT2D eigenvalue weighted by Crippen LogP contribution is 2.25. The van der Waals surface area contributed by atoms with Crippen LogP contribution in [-0.2, 0) is 17.7 Å². The zero-order valence-electron chi connectivity index (χ0n) is 16.2. The summed E-state index contributed by atoms with van der Waals surface area (Å²) in [4.78, 5) is 24.3. The molecule has 0 aliphatic carbocycles. The zero-order valence-corrected chi connectivity index (χ0v) is 16.2. The van der Waals surface area contributed by atoms with Crippen LogP contribution >= 0.6 is 0 Å². The van der Waals surface area contributed by atoms with Crippen molar-refractivity contribution in [2.45, 2.75) is 45.8 Å². The standard InChI is InChI=1S/C21H24N4O3/c1-3-15-11-18(19-14(2)24-28-20(19)23-15)21(26)25(13-17-8-6-10-27-17)12-16-7-4-5-9-22-16/h4-5,7,9,11,17H,3,6,8,10,12-13H2,1-2H3. The van der Waals surface area contributed by atoms with E-state index in [1.165, 1.54) is 0 Å². The van der Waals surface area contributed by atoms with E-state index in [1.807, 2.05) is 43.0 Å². The molecule has 0 aromatic carbocycles. The molecule has 0 spiro atoms. The highest BCUT2D eigenvalue weighted by atomic mass is 16.5. The second-order valence-corrected chi connectivity index (χ2v) is 7.10. The highest BCUT2D eigenvalue weighted by molar-refractivity contribution is 6.06. The van der Waals surface area contributed by atoms with Crippen LogP contribution in [0.25, 0.3) is 11.1 Å². The van der Waals surface area contributed by atoms with Gasteiger partial charge in [-0.1, -0.05) is 18.1 Å². The molecular formula is C21H24N4O3. The molecule has 146 valence electrons. The molecule has 7 heteroatoms. The fraction of sp³-hybridized carbons (Fsp3) is 0.429. The number of hydrogen-bond acceptors (Lipinski definition) is 6. The van der Waals surface area contributed by atoms with Crippen LogP contribution in [-0.4, -0.2) is 45.2 Å². The van der Waals surface area contributed by atoms with Crippen molar-refractivity contribution in [3.63, 3.8) is 0 Å². The normalized spacial score (nSPS) is 16.6. The van der Waals surface area contributed by atoms with Crippen LogP contribution < -0.4 is 0 Å². The quantitative estimate of drug-likeness (QED) is 0.653. The van der Waals surface area contributed by atoms with Gasteiger partial charge in [0, 0.05) is 25.0 Å². The second-order valence-electron chi connectivity index (χ2n) is 7.10. The Labute approximate surface area is 163 Å². The van der Waals surface area contributed by atoms with Crippen LogP contribution in [0.5, 0.6) is 0 Å². The van der Waals surface area contributed by atoms with E-state index in [0.717, 1.165) is 30.8 Å². The molecule has 28 heavy (non-hydrogen) atoms. The minimum atomic E-state index is -0.0745. The minimum Gasteiger partial charge on any atom is -0.376 e. The minimum absolute atomic E-state index is 0.0548. The molecule has 0 bridgehead atoms. The number of fused-ring (bicyclic) bond motifs is 1. The third-order valence-electron chi connectivity index (χ3n) is 5.08. The maximum absolute atomic E-state index is 13.6. The van der Waals surface area contributed by atoms with Crippen LogP contribution in [0.4, 0.5) is 0 Å². The number of carbonyl (C=O) groups excluding carboxylic acids is 1. The van der Waals surface area contributed by atoms with Gasteiger partial charge in [-0.25, -0.2) is 4.98 Å². The van der Waals surface area contributed by atoms with E-state index >= 15 is 0 Å². The average molecular weight is 380 g/mol. The maximum atomic E-state index is 13.6. The predicted molar refractivity (Wildman–Crippen MR) is 104 cm³/mol. The summed E-state index contributed by atoms with van der Waals surface area (Å²) in [6.07, 6.45) is 4.50. The molecular weight excluding hydrogens is 356 g/mol. The van der Waals surface area contributed by atoms with Crippen molar-refractivity contribution in [1.82, 2.24) is 20.0 Å². The van der Waals surface area contributed by atoms with Gasteiger partial charge in [-0.3, -0.25) is 9.78 Å². The fourth-order valence-electron chi connectivity index (χ4n) is 3.61. The lowest BCUT2D eigenvalue weighted by Crippen LogP contribution is -2.37.